The van der Waals surface area contributed by atoms with Crippen LogP contribution in [0.15, 0.2) is 66.9 Å². The fraction of sp³-hybridized carbons (Fsp3) is 0.333. The van der Waals surface area contributed by atoms with Crippen LogP contribution in [0.5, 0.6) is 11.5 Å². The molecule has 8 heteroatoms. The van der Waals surface area contributed by atoms with E-state index in [0.717, 1.165) is 30.4 Å². The molecule has 2 aromatic carbocycles. The average molecular weight is 482 g/mol. The summed E-state index contributed by atoms with van der Waals surface area (Å²) in [5.74, 6) is -0.704. The average Bonchev–Trinajstić information content (AvgIpc) is 2.89. The van der Waals surface area contributed by atoms with Crippen molar-refractivity contribution in [1.29, 1.82) is 0 Å². The van der Waals surface area contributed by atoms with Crippen molar-refractivity contribution in [2.24, 2.45) is 5.92 Å². The van der Waals surface area contributed by atoms with Crippen molar-refractivity contribution >= 4 is 5.91 Å². The van der Waals surface area contributed by atoms with Crippen LogP contribution >= 0.6 is 0 Å². The number of halogens is 2. The number of hydrogen-bond donors (Lipinski definition) is 1. The Morgan fingerprint density at radius 3 is 2.66 bits per heavy atom. The first-order valence-corrected chi connectivity index (χ1v) is 11.7. The molecule has 4 rings (SSSR count). The van der Waals surface area contributed by atoms with Crippen LogP contribution in [-0.4, -0.2) is 49.1 Å². The molecule has 1 N–H and O–H groups in total. The molecule has 0 saturated carbocycles. The zero-order valence-corrected chi connectivity index (χ0v) is 19.6. The van der Waals surface area contributed by atoms with Gasteiger partial charge in [-0.25, -0.2) is 8.78 Å². The lowest BCUT2D eigenvalue weighted by atomic mass is 9.94. The van der Waals surface area contributed by atoms with Gasteiger partial charge < -0.3 is 14.8 Å². The van der Waals surface area contributed by atoms with E-state index in [-0.39, 0.29) is 30.2 Å². The van der Waals surface area contributed by atoms with Gasteiger partial charge in [0.1, 0.15) is 18.2 Å². The maximum Gasteiger partial charge on any atom is 0.224 e. The van der Waals surface area contributed by atoms with Crippen molar-refractivity contribution in [1.82, 2.24) is 15.2 Å². The van der Waals surface area contributed by atoms with Gasteiger partial charge in [-0.05, 0) is 67.9 Å². The number of carbonyl (C=O) groups excluding carboxylic acids is 1. The molecule has 35 heavy (non-hydrogen) atoms. The highest BCUT2D eigenvalue weighted by molar-refractivity contribution is 5.79. The minimum atomic E-state index is -0.709. The van der Waals surface area contributed by atoms with Crippen LogP contribution in [0.25, 0.3) is 0 Å². The second-order valence-corrected chi connectivity index (χ2v) is 8.51. The monoisotopic (exact) mass is 481 g/mol. The molecule has 2 heterocycles. The van der Waals surface area contributed by atoms with Crippen LogP contribution < -0.4 is 14.8 Å². The summed E-state index contributed by atoms with van der Waals surface area (Å²) in [5.41, 5.74) is 1.66. The lowest BCUT2D eigenvalue weighted by molar-refractivity contribution is -0.127. The molecule has 6 nitrogen and oxygen atoms in total. The predicted molar refractivity (Wildman–Crippen MR) is 128 cm³/mol. The number of likely N-dealkylation sites (tertiary alicyclic amines) is 1. The Balaban J connectivity index is 1.31. The van der Waals surface area contributed by atoms with Crippen molar-refractivity contribution in [3.8, 4) is 11.5 Å². The van der Waals surface area contributed by atoms with Gasteiger partial charge in [-0.2, -0.15) is 0 Å². The van der Waals surface area contributed by atoms with Crippen LogP contribution in [0.3, 0.4) is 0 Å². The zero-order chi connectivity index (χ0) is 24.6. The first-order valence-electron chi connectivity index (χ1n) is 11.7. The number of amides is 1. The van der Waals surface area contributed by atoms with E-state index < -0.39 is 11.6 Å². The molecule has 1 aliphatic rings. The third-order valence-corrected chi connectivity index (χ3v) is 6.21. The Kier molecular flexibility index (Phi) is 8.26. The van der Waals surface area contributed by atoms with Crippen molar-refractivity contribution in [2.75, 3.05) is 33.4 Å². The van der Waals surface area contributed by atoms with E-state index in [1.54, 1.807) is 13.3 Å². The van der Waals surface area contributed by atoms with Crippen LogP contribution in [0.4, 0.5) is 8.78 Å². The molecule has 1 atom stereocenters. The lowest BCUT2D eigenvalue weighted by Crippen LogP contribution is -2.43. The molecule has 0 radical (unpaired) electrons. The van der Waals surface area contributed by atoms with Gasteiger partial charge in [0.25, 0.3) is 0 Å². The minimum absolute atomic E-state index is 0.00671. The highest BCUT2D eigenvalue weighted by atomic mass is 19.1. The summed E-state index contributed by atoms with van der Waals surface area (Å²) in [7, 11) is 1.61. The highest BCUT2D eigenvalue weighted by Gasteiger charge is 2.28. The summed E-state index contributed by atoms with van der Waals surface area (Å²) in [6, 6.07) is 16.2. The number of benzene rings is 2. The van der Waals surface area contributed by atoms with Crippen molar-refractivity contribution in [3.05, 3.63) is 89.8 Å². The van der Waals surface area contributed by atoms with E-state index in [9.17, 15) is 13.6 Å². The summed E-state index contributed by atoms with van der Waals surface area (Å²) < 4.78 is 37.6. The Morgan fingerprint density at radius 2 is 1.94 bits per heavy atom. The third kappa shape index (κ3) is 6.54. The normalized spacial score (nSPS) is 15.4. The first-order chi connectivity index (χ1) is 17.0. The quantitative estimate of drug-likeness (QED) is 0.492. The van der Waals surface area contributed by atoms with E-state index >= 15 is 0 Å². The molecule has 1 unspecified atom stereocenters. The number of nitrogens with one attached hydrogen (secondary N) is 1. The number of hydrogen-bond acceptors (Lipinski definition) is 5. The van der Waals surface area contributed by atoms with Gasteiger partial charge in [0.05, 0.1) is 18.8 Å². The number of pyridine rings is 1. The van der Waals surface area contributed by atoms with Gasteiger partial charge in [0, 0.05) is 24.7 Å². The fourth-order valence-corrected chi connectivity index (χ4v) is 4.25. The number of ether oxygens (including phenoxy) is 2. The Morgan fingerprint density at radius 1 is 1.11 bits per heavy atom. The molecule has 0 aliphatic carbocycles. The molecular weight excluding hydrogens is 452 g/mol. The fourth-order valence-electron chi connectivity index (χ4n) is 4.25. The number of aromatic nitrogens is 1. The number of rotatable bonds is 9. The maximum absolute atomic E-state index is 13.7. The van der Waals surface area contributed by atoms with E-state index in [4.69, 9.17) is 9.47 Å². The smallest absolute Gasteiger partial charge is 0.224 e. The summed E-state index contributed by atoms with van der Waals surface area (Å²) in [6.45, 7) is 2.37. The van der Waals surface area contributed by atoms with E-state index in [2.05, 4.69) is 15.2 Å². The Hall–Kier alpha value is -3.52. The Labute approximate surface area is 203 Å². The first kappa shape index (κ1) is 24.6. The van der Waals surface area contributed by atoms with Gasteiger partial charge in [0.15, 0.2) is 11.6 Å². The van der Waals surface area contributed by atoms with Crippen LogP contribution in [-0.2, 0) is 4.79 Å². The molecule has 1 aliphatic heterocycles. The minimum Gasteiger partial charge on any atom is -0.497 e. The third-order valence-electron chi connectivity index (χ3n) is 6.21. The molecule has 0 spiro atoms. The predicted octanol–water partition coefficient (Wildman–Crippen LogP) is 4.37. The highest BCUT2D eigenvalue weighted by Crippen LogP contribution is 2.26. The maximum atomic E-state index is 13.7. The van der Waals surface area contributed by atoms with Crippen molar-refractivity contribution < 1.29 is 23.0 Å². The molecule has 1 aromatic heterocycles. The lowest BCUT2D eigenvalue weighted by Gasteiger charge is -2.32. The van der Waals surface area contributed by atoms with Gasteiger partial charge in [-0.15, -0.1) is 0 Å². The van der Waals surface area contributed by atoms with Gasteiger partial charge >= 0.3 is 0 Å². The van der Waals surface area contributed by atoms with Crippen LogP contribution in [0, 0.1) is 17.6 Å². The SMILES string of the molecule is COc1cccc(C(NC(=O)C2CCN(CCOc3ccc(F)cc3F)CC2)c2ccccn2)c1. The van der Waals surface area contributed by atoms with E-state index in [1.807, 2.05) is 42.5 Å². The molecule has 1 amide bonds. The summed E-state index contributed by atoms with van der Waals surface area (Å²) >= 11 is 0. The number of methoxy groups -OCH3 is 1. The Bertz CT molecular complexity index is 1120. The van der Waals surface area contributed by atoms with Crippen LogP contribution in [0.1, 0.15) is 30.1 Å². The standard InChI is InChI=1S/C27H29F2N3O3/c1-34-22-6-4-5-20(17-22)26(24-7-2-3-12-30-24)31-27(33)19-10-13-32(14-11-19)15-16-35-25-9-8-21(28)18-23(25)29/h2-9,12,17-19,26H,10-11,13-16H2,1H3,(H,31,33). The number of nitrogens with zero attached hydrogens (tertiary/aromatic N) is 2. The summed E-state index contributed by atoms with van der Waals surface area (Å²) in [5, 5.41) is 3.19. The molecule has 3 aromatic rings. The summed E-state index contributed by atoms with van der Waals surface area (Å²) in [6.07, 6.45) is 3.14. The van der Waals surface area contributed by atoms with E-state index in [0.29, 0.717) is 25.1 Å². The zero-order valence-electron chi connectivity index (χ0n) is 19.6. The topological polar surface area (TPSA) is 63.7 Å². The van der Waals surface area contributed by atoms with Gasteiger partial charge in [-0.1, -0.05) is 18.2 Å². The van der Waals surface area contributed by atoms with Gasteiger partial charge in [0.2, 0.25) is 5.91 Å². The second kappa shape index (κ2) is 11.8. The molecular formula is C27H29F2N3O3. The van der Waals surface area contributed by atoms with E-state index in [1.165, 1.54) is 12.1 Å². The number of carbonyl (C=O) groups is 1. The molecule has 1 fully saturated rings. The molecule has 0 bridgehead atoms. The van der Waals surface area contributed by atoms with Crippen molar-refractivity contribution in [3.63, 3.8) is 0 Å². The molecule has 1 saturated heterocycles. The van der Waals surface area contributed by atoms with Gasteiger partial charge in [-0.3, -0.25) is 14.7 Å². The largest absolute Gasteiger partial charge is 0.497 e. The molecule has 184 valence electrons. The number of piperidine rings is 1. The second-order valence-electron chi connectivity index (χ2n) is 8.51. The van der Waals surface area contributed by atoms with Crippen molar-refractivity contribution in [2.45, 2.75) is 18.9 Å². The summed E-state index contributed by atoms with van der Waals surface area (Å²) in [4.78, 5) is 19.8. The van der Waals surface area contributed by atoms with Crippen LogP contribution in [0.2, 0.25) is 0 Å².